The van der Waals surface area contributed by atoms with Crippen molar-refractivity contribution < 1.29 is 4.74 Å². The number of fused-ring (bicyclic) bond motifs is 2. The fraction of sp³-hybridized carbons (Fsp3) is 0. The van der Waals surface area contributed by atoms with Crippen molar-refractivity contribution in [1.82, 2.24) is 0 Å². The molecule has 0 saturated carbocycles. The van der Waals surface area contributed by atoms with Crippen LogP contribution in [0.15, 0.2) is 54.6 Å². The zero-order chi connectivity index (χ0) is 12.1. The average molecular weight is 228 g/mol. The van der Waals surface area contributed by atoms with Crippen molar-refractivity contribution >= 4 is 24.1 Å². The molecule has 3 aromatic rings. The van der Waals surface area contributed by atoms with E-state index in [0.29, 0.717) is 0 Å². The molecule has 0 aromatic heterocycles. The van der Waals surface area contributed by atoms with Crippen molar-refractivity contribution in [2.75, 3.05) is 0 Å². The minimum atomic E-state index is 0.790. The van der Waals surface area contributed by atoms with Gasteiger partial charge in [0.15, 0.2) is 0 Å². The van der Waals surface area contributed by atoms with Crippen LogP contribution >= 0.6 is 0 Å². The highest BCUT2D eigenvalue weighted by atomic mass is 16.5. The predicted molar refractivity (Wildman–Crippen MR) is 74.8 cm³/mol. The van der Waals surface area contributed by atoms with Gasteiger partial charge in [-0.15, -0.1) is 0 Å². The summed E-state index contributed by atoms with van der Waals surface area (Å²) in [6.45, 7) is 0. The van der Waals surface area contributed by atoms with E-state index in [9.17, 15) is 0 Å². The van der Waals surface area contributed by atoms with Crippen LogP contribution in [-0.2, 0) is 0 Å². The van der Waals surface area contributed by atoms with Crippen molar-refractivity contribution in [3.63, 3.8) is 0 Å². The molecule has 1 aliphatic heterocycles. The van der Waals surface area contributed by atoms with Crippen LogP contribution in [0, 0.1) is 0 Å². The minimum Gasteiger partial charge on any atom is -0.456 e. The highest BCUT2D eigenvalue weighted by Crippen LogP contribution is 2.45. The number of benzene rings is 3. The first kappa shape index (κ1) is 9.78. The molecule has 82 valence electrons. The minimum absolute atomic E-state index is 0.790. The second kappa shape index (κ2) is 3.39. The Kier molecular flexibility index (Phi) is 1.84. The topological polar surface area (TPSA) is 9.23 Å². The Labute approximate surface area is 106 Å². The summed E-state index contributed by atoms with van der Waals surface area (Å²) >= 11 is 0. The van der Waals surface area contributed by atoms with Gasteiger partial charge >= 0.3 is 0 Å². The second-order valence-corrected chi connectivity index (χ2v) is 4.48. The Balaban J connectivity index is 2.22. The van der Waals surface area contributed by atoms with Gasteiger partial charge in [0.25, 0.3) is 0 Å². The van der Waals surface area contributed by atoms with Gasteiger partial charge in [-0.25, -0.2) is 0 Å². The largest absolute Gasteiger partial charge is 0.456 e. The zero-order valence-electron chi connectivity index (χ0n) is 9.68. The Morgan fingerprint density at radius 1 is 0.722 bits per heavy atom. The van der Waals surface area contributed by atoms with Crippen LogP contribution < -0.4 is 10.2 Å². The van der Waals surface area contributed by atoms with E-state index in [-0.39, 0.29) is 0 Å². The first-order valence-corrected chi connectivity index (χ1v) is 5.93. The maximum Gasteiger partial charge on any atom is 0.135 e. The Morgan fingerprint density at radius 2 is 1.56 bits per heavy atom. The molecule has 2 radical (unpaired) electrons. The SMILES string of the molecule is [B]c1ccc2c3c(cccc13)-c1ccccc1O2. The Morgan fingerprint density at radius 3 is 2.50 bits per heavy atom. The lowest BCUT2D eigenvalue weighted by atomic mass is 9.86. The van der Waals surface area contributed by atoms with Crippen molar-refractivity contribution in [3.05, 3.63) is 54.6 Å². The van der Waals surface area contributed by atoms with Crippen LogP contribution in [0.1, 0.15) is 0 Å². The smallest absolute Gasteiger partial charge is 0.135 e. The maximum absolute atomic E-state index is 6.04. The van der Waals surface area contributed by atoms with Crippen molar-refractivity contribution in [1.29, 1.82) is 0 Å². The van der Waals surface area contributed by atoms with Gasteiger partial charge < -0.3 is 4.74 Å². The molecule has 0 atom stereocenters. The number of hydrogen-bond donors (Lipinski definition) is 0. The molecule has 0 N–H and O–H groups in total. The molecule has 1 nitrogen and oxygen atoms in total. The van der Waals surface area contributed by atoms with Crippen molar-refractivity contribution in [2.24, 2.45) is 0 Å². The highest BCUT2D eigenvalue weighted by Gasteiger charge is 2.19. The van der Waals surface area contributed by atoms with E-state index >= 15 is 0 Å². The van der Waals surface area contributed by atoms with Crippen LogP contribution in [-0.4, -0.2) is 7.85 Å². The Hall–Kier alpha value is -2.22. The maximum atomic E-state index is 6.04. The molecule has 18 heavy (non-hydrogen) atoms. The summed E-state index contributed by atoms with van der Waals surface area (Å²) < 4.78 is 5.95. The predicted octanol–water partition coefficient (Wildman–Crippen LogP) is 3.41. The summed E-state index contributed by atoms with van der Waals surface area (Å²) in [7, 11) is 6.04. The van der Waals surface area contributed by atoms with E-state index in [1.807, 2.05) is 42.5 Å². The molecular weight excluding hydrogens is 219 g/mol. The van der Waals surface area contributed by atoms with E-state index in [4.69, 9.17) is 12.6 Å². The summed E-state index contributed by atoms with van der Waals surface area (Å²) in [5.74, 6) is 1.79. The van der Waals surface area contributed by atoms with Gasteiger partial charge in [0.05, 0.1) is 0 Å². The number of para-hydroxylation sites is 1. The lowest BCUT2D eigenvalue weighted by Crippen LogP contribution is -2.06. The van der Waals surface area contributed by atoms with Crippen LogP contribution in [0.25, 0.3) is 21.9 Å². The number of rotatable bonds is 0. The quantitative estimate of drug-likeness (QED) is 0.419. The fourth-order valence-corrected chi connectivity index (χ4v) is 2.60. The van der Waals surface area contributed by atoms with Crippen LogP contribution in [0.2, 0.25) is 0 Å². The van der Waals surface area contributed by atoms with Gasteiger partial charge in [-0.2, -0.15) is 0 Å². The van der Waals surface area contributed by atoms with Crippen LogP contribution in [0.4, 0.5) is 0 Å². The first-order valence-electron chi connectivity index (χ1n) is 5.93. The molecule has 0 aliphatic carbocycles. The van der Waals surface area contributed by atoms with Gasteiger partial charge in [0, 0.05) is 10.9 Å². The second-order valence-electron chi connectivity index (χ2n) is 4.48. The molecule has 4 rings (SSSR count). The van der Waals surface area contributed by atoms with Crippen LogP contribution in [0.3, 0.4) is 0 Å². The molecule has 2 heteroatoms. The molecule has 1 heterocycles. The first-order chi connectivity index (χ1) is 8.84. The lowest BCUT2D eigenvalue weighted by molar-refractivity contribution is 0.487. The van der Waals surface area contributed by atoms with Gasteiger partial charge in [-0.05, 0) is 23.1 Å². The third kappa shape index (κ3) is 1.18. The fourth-order valence-electron chi connectivity index (χ4n) is 2.60. The van der Waals surface area contributed by atoms with E-state index in [1.54, 1.807) is 0 Å². The molecule has 0 bridgehead atoms. The van der Waals surface area contributed by atoms with E-state index in [2.05, 4.69) is 12.1 Å². The average Bonchev–Trinajstić information content (AvgIpc) is 2.43. The standard InChI is InChI=1S/C16H9BO/c17-13-8-9-15-16-11(5-3-6-12(13)16)10-4-1-2-7-14(10)18-15/h1-9H. The summed E-state index contributed by atoms with van der Waals surface area (Å²) in [6, 6.07) is 18.1. The lowest BCUT2D eigenvalue weighted by Gasteiger charge is -2.21. The molecule has 0 saturated heterocycles. The van der Waals surface area contributed by atoms with Gasteiger partial charge in [0.1, 0.15) is 19.3 Å². The molecule has 0 spiro atoms. The van der Waals surface area contributed by atoms with Crippen molar-refractivity contribution in [2.45, 2.75) is 0 Å². The summed E-state index contributed by atoms with van der Waals surface area (Å²) in [6.07, 6.45) is 0. The number of ether oxygens (including phenoxy) is 1. The Bertz CT molecular complexity index is 777. The molecule has 3 aromatic carbocycles. The summed E-state index contributed by atoms with van der Waals surface area (Å²) in [5, 5.41) is 2.16. The molecular formula is C16H9BO. The van der Waals surface area contributed by atoms with E-state index < -0.39 is 0 Å². The zero-order valence-corrected chi connectivity index (χ0v) is 9.68. The van der Waals surface area contributed by atoms with Gasteiger partial charge in [-0.3, -0.25) is 0 Å². The van der Waals surface area contributed by atoms with Crippen molar-refractivity contribution in [3.8, 4) is 22.6 Å². The third-order valence-electron chi connectivity index (χ3n) is 3.43. The van der Waals surface area contributed by atoms with Gasteiger partial charge in [0.2, 0.25) is 0 Å². The summed E-state index contributed by atoms with van der Waals surface area (Å²) in [5.41, 5.74) is 3.11. The van der Waals surface area contributed by atoms with E-state index in [0.717, 1.165) is 33.3 Å². The van der Waals surface area contributed by atoms with E-state index in [1.165, 1.54) is 5.56 Å². The summed E-state index contributed by atoms with van der Waals surface area (Å²) in [4.78, 5) is 0. The third-order valence-corrected chi connectivity index (χ3v) is 3.43. The molecule has 1 aliphatic rings. The number of hydrogen-bond acceptors (Lipinski definition) is 1. The monoisotopic (exact) mass is 228 g/mol. The van der Waals surface area contributed by atoms with Crippen LogP contribution in [0.5, 0.6) is 11.5 Å². The normalized spacial score (nSPS) is 12.0. The molecule has 0 amide bonds. The molecule has 0 unspecified atom stereocenters. The highest BCUT2D eigenvalue weighted by molar-refractivity contribution is 6.39. The molecule has 0 fully saturated rings. The van der Waals surface area contributed by atoms with Gasteiger partial charge in [-0.1, -0.05) is 47.9 Å².